The number of hydrogen-bond donors (Lipinski definition) is 1. The highest BCUT2D eigenvalue weighted by molar-refractivity contribution is 5.30. The molecule has 0 aliphatic rings. The van der Waals surface area contributed by atoms with E-state index in [9.17, 15) is 0 Å². The standard InChI is InChI=1S/C9H17N3O/c1-2-3-4-5-6-7-8-9(10)12-13-11-8/h2-7H2,1H3,(H2,10,12). The molecule has 0 unspecified atom stereocenters. The lowest BCUT2D eigenvalue weighted by Crippen LogP contribution is -1.93. The number of unbranched alkanes of at least 4 members (excludes halogenated alkanes) is 4. The van der Waals surface area contributed by atoms with E-state index in [1.54, 1.807) is 0 Å². The van der Waals surface area contributed by atoms with Gasteiger partial charge in [-0.25, -0.2) is 4.63 Å². The minimum atomic E-state index is 0.440. The first-order chi connectivity index (χ1) is 6.34. The zero-order chi connectivity index (χ0) is 9.52. The molecule has 0 saturated heterocycles. The molecule has 2 N–H and O–H groups in total. The number of nitrogens with zero attached hydrogens (tertiary/aromatic N) is 2. The normalized spacial score (nSPS) is 10.5. The average Bonchev–Trinajstić information content (AvgIpc) is 2.52. The van der Waals surface area contributed by atoms with Gasteiger partial charge in [0.05, 0.1) is 0 Å². The van der Waals surface area contributed by atoms with Crippen molar-refractivity contribution in [1.29, 1.82) is 0 Å². The molecule has 0 aliphatic carbocycles. The zero-order valence-electron chi connectivity index (χ0n) is 8.12. The van der Waals surface area contributed by atoms with Gasteiger partial charge in [0, 0.05) is 0 Å². The lowest BCUT2D eigenvalue weighted by Gasteiger charge is -1.97. The number of nitrogen functional groups attached to an aromatic ring is 1. The van der Waals surface area contributed by atoms with E-state index in [-0.39, 0.29) is 0 Å². The van der Waals surface area contributed by atoms with Crippen molar-refractivity contribution in [2.24, 2.45) is 0 Å². The summed E-state index contributed by atoms with van der Waals surface area (Å²) in [7, 11) is 0. The Morgan fingerprint density at radius 2 is 1.92 bits per heavy atom. The molecule has 0 radical (unpaired) electrons. The van der Waals surface area contributed by atoms with E-state index in [1.807, 2.05) is 0 Å². The molecule has 0 aliphatic heterocycles. The first kappa shape index (κ1) is 10.0. The van der Waals surface area contributed by atoms with Crippen molar-refractivity contribution in [3.63, 3.8) is 0 Å². The van der Waals surface area contributed by atoms with Gasteiger partial charge in [-0.1, -0.05) is 37.8 Å². The molecule has 0 fully saturated rings. The number of hydrogen-bond acceptors (Lipinski definition) is 4. The maximum absolute atomic E-state index is 5.51. The first-order valence-electron chi connectivity index (χ1n) is 4.91. The molecule has 4 heteroatoms. The Kier molecular flexibility index (Phi) is 4.29. The van der Waals surface area contributed by atoms with Gasteiger partial charge in [-0.05, 0) is 18.0 Å². The Morgan fingerprint density at radius 1 is 1.15 bits per heavy atom. The summed E-state index contributed by atoms with van der Waals surface area (Å²) >= 11 is 0. The van der Waals surface area contributed by atoms with Crippen molar-refractivity contribution >= 4 is 5.82 Å². The smallest absolute Gasteiger partial charge is 0.191 e. The summed E-state index contributed by atoms with van der Waals surface area (Å²) in [5, 5.41) is 7.25. The lowest BCUT2D eigenvalue weighted by molar-refractivity contribution is 0.304. The van der Waals surface area contributed by atoms with Crippen molar-refractivity contribution in [2.45, 2.75) is 45.4 Å². The molecule has 0 aromatic carbocycles. The van der Waals surface area contributed by atoms with Crippen LogP contribution in [0.4, 0.5) is 5.82 Å². The van der Waals surface area contributed by atoms with E-state index in [1.165, 1.54) is 25.7 Å². The third-order valence-corrected chi connectivity index (χ3v) is 2.10. The van der Waals surface area contributed by atoms with E-state index in [0.717, 1.165) is 18.5 Å². The van der Waals surface area contributed by atoms with Crippen LogP contribution in [0.15, 0.2) is 4.63 Å². The molecule has 74 valence electrons. The molecule has 1 aromatic rings. The number of aryl methyl sites for hydroxylation is 1. The largest absolute Gasteiger partial charge is 0.379 e. The molecule has 13 heavy (non-hydrogen) atoms. The third kappa shape index (κ3) is 3.44. The van der Waals surface area contributed by atoms with Crippen molar-refractivity contribution < 1.29 is 4.63 Å². The maximum Gasteiger partial charge on any atom is 0.191 e. The summed E-state index contributed by atoms with van der Waals surface area (Å²) in [6.07, 6.45) is 7.12. The third-order valence-electron chi connectivity index (χ3n) is 2.10. The van der Waals surface area contributed by atoms with Crippen LogP contribution in [0.25, 0.3) is 0 Å². The Hall–Kier alpha value is -1.06. The minimum Gasteiger partial charge on any atom is -0.379 e. The molecular formula is C9H17N3O. The second-order valence-corrected chi connectivity index (χ2v) is 3.26. The monoisotopic (exact) mass is 183 g/mol. The topological polar surface area (TPSA) is 64.9 Å². The van der Waals surface area contributed by atoms with Crippen LogP contribution in [0.1, 0.15) is 44.7 Å². The fourth-order valence-corrected chi connectivity index (χ4v) is 1.28. The van der Waals surface area contributed by atoms with Crippen molar-refractivity contribution in [3.05, 3.63) is 5.69 Å². The fraction of sp³-hybridized carbons (Fsp3) is 0.778. The maximum atomic E-state index is 5.51. The number of nitrogens with two attached hydrogens (primary N) is 1. The van der Waals surface area contributed by atoms with Gasteiger partial charge >= 0.3 is 0 Å². The number of rotatable bonds is 6. The van der Waals surface area contributed by atoms with Crippen LogP contribution in [-0.4, -0.2) is 10.3 Å². The van der Waals surface area contributed by atoms with Crippen LogP contribution in [0.2, 0.25) is 0 Å². The lowest BCUT2D eigenvalue weighted by atomic mass is 10.1. The van der Waals surface area contributed by atoms with Crippen LogP contribution in [-0.2, 0) is 6.42 Å². The molecule has 0 atom stereocenters. The Morgan fingerprint density at radius 3 is 2.54 bits per heavy atom. The highest BCUT2D eigenvalue weighted by Gasteiger charge is 2.04. The van der Waals surface area contributed by atoms with Crippen LogP contribution in [0.5, 0.6) is 0 Å². The second-order valence-electron chi connectivity index (χ2n) is 3.26. The molecule has 1 rings (SSSR count). The average molecular weight is 183 g/mol. The van der Waals surface area contributed by atoms with Gasteiger partial charge in [-0.3, -0.25) is 0 Å². The van der Waals surface area contributed by atoms with Gasteiger partial charge in [0.1, 0.15) is 5.69 Å². The highest BCUT2D eigenvalue weighted by atomic mass is 16.6. The highest BCUT2D eigenvalue weighted by Crippen LogP contribution is 2.10. The molecule has 1 aromatic heterocycles. The molecule has 0 bridgehead atoms. The van der Waals surface area contributed by atoms with Gasteiger partial charge < -0.3 is 5.73 Å². The van der Waals surface area contributed by atoms with E-state index in [2.05, 4.69) is 21.9 Å². The van der Waals surface area contributed by atoms with E-state index < -0.39 is 0 Å². The SMILES string of the molecule is CCCCCCCc1nonc1N. The van der Waals surface area contributed by atoms with E-state index in [0.29, 0.717) is 5.82 Å². The Bertz CT molecular complexity index is 235. The van der Waals surface area contributed by atoms with Crippen LogP contribution in [0, 0.1) is 0 Å². The van der Waals surface area contributed by atoms with Crippen molar-refractivity contribution in [2.75, 3.05) is 5.73 Å². The van der Waals surface area contributed by atoms with Gasteiger partial charge in [0.2, 0.25) is 0 Å². The van der Waals surface area contributed by atoms with Gasteiger partial charge in [-0.15, -0.1) is 0 Å². The second kappa shape index (κ2) is 5.56. The molecule has 0 amide bonds. The van der Waals surface area contributed by atoms with Crippen molar-refractivity contribution in [3.8, 4) is 0 Å². The van der Waals surface area contributed by atoms with Crippen LogP contribution >= 0.6 is 0 Å². The molecule has 0 spiro atoms. The quantitative estimate of drug-likeness (QED) is 0.686. The predicted octanol–water partition coefficient (Wildman–Crippen LogP) is 2.16. The summed E-state index contributed by atoms with van der Waals surface area (Å²) in [6, 6.07) is 0. The summed E-state index contributed by atoms with van der Waals surface area (Å²) in [5.41, 5.74) is 6.32. The summed E-state index contributed by atoms with van der Waals surface area (Å²) < 4.78 is 4.50. The van der Waals surface area contributed by atoms with E-state index in [4.69, 9.17) is 5.73 Å². The fourth-order valence-electron chi connectivity index (χ4n) is 1.28. The molecule has 1 heterocycles. The van der Waals surface area contributed by atoms with Crippen LogP contribution in [0.3, 0.4) is 0 Å². The molecule has 4 nitrogen and oxygen atoms in total. The first-order valence-corrected chi connectivity index (χ1v) is 4.91. The van der Waals surface area contributed by atoms with Gasteiger partial charge in [-0.2, -0.15) is 0 Å². The Balaban J connectivity index is 2.10. The molecule has 0 saturated carbocycles. The summed E-state index contributed by atoms with van der Waals surface area (Å²) in [6.45, 7) is 2.21. The number of aromatic nitrogens is 2. The van der Waals surface area contributed by atoms with Gasteiger partial charge in [0.15, 0.2) is 5.82 Å². The van der Waals surface area contributed by atoms with Gasteiger partial charge in [0.25, 0.3) is 0 Å². The van der Waals surface area contributed by atoms with Crippen LogP contribution < -0.4 is 5.73 Å². The molecular weight excluding hydrogens is 166 g/mol. The van der Waals surface area contributed by atoms with Crippen molar-refractivity contribution in [1.82, 2.24) is 10.3 Å². The predicted molar refractivity (Wildman–Crippen MR) is 51.2 cm³/mol. The Labute approximate surface area is 78.5 Å². The van der Waals surface area contributed by atoms with E-state index >= 15 is 0 Å². The minimum absolute atomic E-state index is 0.440. The zero-order valence-corrected chi connectivity index (χ0v) is 8.12. The number of anilines is 1. The summed E-state index contributed by atoms with van der Waals surface area (Å²) in [4.78, 5) is 0. The summed E-state index contributed by atoms with van der Waals surface area (Å²) in [5.74, 6) is 0.440.